The maximum absolute atomic E-state index is 5.34. The van der Waals surface area contributed by atoms with Crippen LogP contribution in [-0.2, 0) is 0 Å². The molecule has 214 valence electrons. The van der Waals surface area contributed by atoms with Gasteiger partial charge in [-0.3, -0.25) is 0 Å². The molecule has 0 saturated heterocycles. The van der Waals surface area contributed by atoms with Gasteiger partial charge in [0.1, 0.15) is 0 Å². The van der Waals surface area contributed by atoms with E-state index in [0.717, 1.165) is 11.5 Å². The Labute approximate surface area is 284 Å². The summed E-state index contributed by atoms with van der Waals surface area (Å²) >= 11 is 0.418. The second kappa shape index (κ2) is 15.1. The van der Waals surface area contributed by atoms with Crippen LogP contribution in [0.15, 0.2) is 121 Å². The van der Waals surface area contributed by atoms with Crippen molar-refractivity contribution in [2.24, 2.45) is 0 Å². The van der Waals surface area contributed by atoms with E-state index in [4.69, 9.17) is 9.47 Å². The van der Waals surface area contributed by atoms with Crippen molar-refractivity contribution in [3.8, 4) is 33.0 Å². The Morgan fingerprint density at radius 3 is 1.16 bits per heavy atom. The van der Waals surface area contributed by atoms with Gasteiger partial charge in [0.05, 0.1) is 0 Å². The summed E-state index contributed by atoms with van der Waals surface area (Å²) in [6.45, 7) is 0. The minimum atomic E-state index is 0.0147. The predicted molar refractivity (Wildman–Crippen MR) is 190 cm³/mol. The van der Waals surface area contributed by atoms with Gasteiger partial charge in [-0.05, 0) is 0 Å². The first-order chi connectivity index (χ1) is 21.7. The van der Waals surface area contributed by atoms with Crippen LogP contribution >= 0.6 is 0 Å². The molecule has 0 N–H and O–H groups in total. The van der Waals surface area contributed by atoms with Crippen molar-refractivity contribution >= 4 is 108 Å². The minimum absolute atomic E-state index is 0.0147. The number of methoxy groups -OCH3 is 2. The molecule has 0 bridgehead atoms. The average Bonchev–Trinajstić information content (AvgIpc) is 3.07. The topological polar surface area (TPSA) is 18.5 Å². The Morgan fingerprint density at radius 2 is 0.795 bits per heavy atom. The van der Waals surface area contributed by atoms with E-state index in [2.05, 4.69) is 119 Å². The molecule has 0 spiro atoms. The molecule has 0 radical (unpaired) electrons. The van der Waals surface area contributed by atoms with Crippen molar-refractivity contribution in [1.29, 1.82) is 0 Å². The zero-order valence-corrected chi connectivity index (χ0v) is 30.8. The van der Waals surface area contributed by atoms with E-state index >= 15 is 0 Å². The summed E-state index contributed by atoms with van der Waals surface area (Å²) in [5.74, 6) is 8.14. The molecular weight excluding hydrogens is 804 g/mol. The molecule has 6 aromatic rings. The normalized spacial score (nSPS) is 10.5. The molecule has 0 aromatic heterocycles. The zero-order chi connectivity index (χ0) is 30.1. The van der Waals surface area contributed by atoms with Crippen LogP contribution in [0.25, 0.3) is 21.5 Å². The van der Waals surface area contributed by atoms with Gasteiger partial charge in [0.15, 0.2) is 0 Å². The molecule has 2 nitrogen and oxygen atoms in total. The summed E-state index contributed by atoms with van der Waals surface area (Å²) < 4.78 is 18.7. The van der Waals surface area contributed by atoms with Crippen molar-refractivity contribution in [3.05, 3.63) is 121 Å². The second-order valence-corrected chi connectivity index (χ2v) is 17.7. The van der Waals surface area contributed by atoms with Crippen molar-refractivity contribution in [2.75, 3.05) is 14.2 Å². The fourth-order valence-electron chi connectivity index (χ4n) is 4.64. The summed E-state index contributed by atoms with van der Waals surface area (Å²) in [4.78, 5) is 6.82. The van der Waals surface area contributed by atoms with E-state index in [1.54, 1.807) is 14.2 Å². The molecule has 44 heavy (non-hydrogen) atoms. The molecule has 0 aliphatic rings. The summed E-state index contributed by atoms with van der Waals surface area (Å²) in [5.41, 5.74) is 0. The first-order valence-corrected chi connectivity index (χ1v) is 20.6. The number of hydrogen-bond acceptors (Lipinski definition) is 2. The van der Waals surface area contributed by atoms with Crippen molar-refractivity contribution in [1.82, 2.24) is 0 Å². The first-order valence-electron chi connectivity index (χ1n) is 13.7. The summed E-state index contributed by atoms with van der Waals surface area (Å²) in [6.07, 6.45) is 0. The number of hydrogen-bond donors (Lipinski definition) is 0. The summed E-state index contributed by atoms with van der Waals surface area (Å²) in [6, 6.07) is 43.2. The van der Waals surface area contributed by atoms with Crippen molar-refractivity contribution in [2.45, 2.75) is 0 Å². The quantitative estimate of drug-likeness (QED) is 0.174. The number of ether oxygens (including phenoxy) is 2. The van der Waals surface area contributed by atoms with Crippen LogP contribution in [0.4, 0.5) is 0 Å². The van der Waals surface area contributed by atoms with Crippen LogP contribution in [0.5, 0.6) is 11.5 Å². The van der Waals surface area contributed by atoms with E-state index in [0.29, 0.717) is 0 Å². The van der Waals surface area contributed by atoms with Crippen LogP contribution in [-0.4, -0.2) is 74.0 Å². The van der Waals surface area contributed by atoms with E-state index in [9.17, 15) is 0 Å². The maximum atomic E-state index is 5.34. The average molecular weight is 830 g/mol. The summed E-state index contributed by atoms with van der Waals surface area (Å²) in [5, 5.41) is 5.24. The van der Waals surface area contributed by atoms with Crippen molar-refractivity contribution in [3.63, 3.8) is 0 Å². The van der Waals surface area contributed by atoms with Gasteiger partial charge < -0.3 is 0 Å². The first kappa shape index (κ1) is 30.7. The van der Waals surface area contributed by atoms with Gasteiger partial charge in [0, 0.05) is 0 Å². The number of benzene rings is 6. The van der Waals surface area contributed by atoms with Gasteiger partial charge in [-0.1, -0.05) is 0 Å². The monoisotopic (exact) mass is 834 g/mol. The molecule has 0 heterocycles. The molecule has 0 amide bonds. The van der Waals surface area contributed by atoms with E-state index < -0.39 is 0 Å². The molecule has 0 fully saturated rings. The van der Waals surface area contributed by atoms with Gasteiger partial charge in [-0.25, -0.2) is 0 Å². The molecule has 0 unspecified atom stereocenters. The van der Waals surface area contributed by atoms with Gasteiger partial charge in [-0.2, -0.15) is 0 Å². The third-order valence-corrected chi connectivity index (χ3v) is 14.4. The molecule has 0 aliphatic carbocycles. The Balaban J connectivity index is 1.19. The Hall–Kier alpha value is -3.36. The predicted octanol–water partition coefficient (Wildman–Crippen LogP) is 2.60. The van der Waals surface area contributed by atoms with Crippen LogP contribution in [0, 0.1) is 21.5 Å². The van der Waals surface area contributed by atoms with Crippen LogP contribution in [0.2, 0.25) is 0 Å². The number of fused-ring (bicyclic) bond motifs is 2. The van der Waals surface area contributed by atoms with Crippen molar-refractivity contribution < 1.29 is 9.47 Å². The third-order valence-electron chi connectivity index (χ3n) is 6.72. The van der Waals surface area contributed by atoms with Gasteiger partial charge in [-0.15, -0.1) is 0 Å². The molecule has 6 aromatic carbocycles. The van der Waals surface area contributed by atoms with Gasteiger partial charge in [0.25, 0.3) is 0 Å². The SMILES string of the molecule is COc1ccc([Se]c2cccc3cccc([Se]C#CC#C[Se]c4cccc5cccc([Se]c6ccc(OC)cc6)c45)c23)cc1. The zero-order valence-electron chi connectivity index (χ0n) is 24.0. The number of rotatable bonds is 8. The third kappa shape index (κ3) is 7.46. The van der Waals surface area contributed by atoms with Gasteiger partial charge >= 0.3 is 286 Å². The Bertz CT molecular complexity index is 1890. The van der Waals surface area contributed by atoms with E-state index in [1.165, 1.54) is 48.3 Å². The molecule has 6 rings (SSSR count). The second-order valence-electron chi connectivity index (χ2n) is 9.43. The Morgan fingerprint density at radius 1 is 0.432 bits per heavy atom. The molecule has 0 atom stereocenters. The fourth-order valence-corrected chi connectivity index (χ4v) is 12.4. The standard InChI is InChI=1S/C38H26O2Se4/c1-39-29-17-21-31(22-18-29)43-35-15-7-11-27-9-5-13-33(37(27)35)41-25-3-4-26-42-34-14-6-10-28-12-8-16-36(38(28)34)44-32-23-19-30(40-2)20-24-32/h5-24H,1-2H3. The Kier molecular flexibility index (Phi) is 10.5. The fraction of sp³-hybridized carbons (Fsp3) is 0.0526. The van der Waals surface area contributed by atoms with Crippen LogP contribution in [0.3, 0.4) is 0 Å². The van der Waals surface area contributed by atoms with Gasteiger partial charge in [0.2, 0.25) is 0 Å². The molecular formula is C38H26O2Se4. The van der Waals surface area contributed by atoms with E-state index in [1.807, 2.05) is 24.3 Å². The molecule has 0 saturated carbocycles. The van der Waals surface area contributed by atoms with E-state index in [-0.39, 0.29) is 59.8 Å². The molecule has 0 aliphatic heterocycles. The summed E-state index contributed by atoms with van der Waals surface area (Å²) in [7, 11) is 3.41. The van der Waals surface area contributed by atoms with Crippen LogP contribution < -0.4 is 36.2 Å². The van der Waals surface area contributed by atoms with Crippen LogP contribution in [0.1, 0.15) is 0 Å². The molecule has 6 heteroatoms.